The maximum Gasteiger partial charge on any atom is 0.224 e. The molecule has 0 saturated carbocycles. The molecule has 5 rings (SSSR count). The van der Waals surface area contributed by atoms with Crippen LogP contribution in [-0.4, -0.2) is 55.7 Å². The molecular weight excluding hydrogens is 584 g/mol. The quantitative estimate of drug-likeness (QED) is 0.133. The Morgan fingerprint density at radius 1 is 1.02 bits per heavy atom. The van der Waals surface area contributed by atoms with Crippen molar-refractivity contribution in [1.29, 1.82) is 0 Å². The van der Waals surface area contributed by atoms with Gasteiger partial charge in [-0.05, 0) is 69.2 Å². The van der Waals surface area contributed by atoms with Crippen molar-refractivity contribution in [3.8, 4) is 22.9 Å². The third-order valence-corrected chi connectivity index (χ3v) is 7.37. The summed E-state index contributed by atoms with van der Waals surface area (Å²) in [7, 11) is 0. The summed E-state index contributed by atoms with van der Waals surface area (Å²) in [6, 6.07) is 16.9. The van der Waals surface area contributed by atoms with Crippen LogP contribution in [0.5, 0.6) is 17.2 Å². The van der Waals surface area contributed by atoms with E-state index in [2.05, 4.69) is 20.8 Å². The van der Waals surface area contributed by atoms with Gasteiger partial charge in [0, 0.05) is 29.1 Å². The maximum absolute atomic E-state index is 12.7. The third kappa shape index (κ3) is 6.84. The van der Waals surface area contributed by atoms with Gasteiger partial charge >= 0.3 is 0 Å². The number of amides is 2. The van der Waals surface area contributed by atoms with E-state index in [0.717, 1.165) is 16.8 Å². The molecule has 228 valence electrons. The SMILES string of the molecule is CCNC(=O)CC1N=C(c2ccc(Cl)cc2)c2cc(OCCCCC(=O)Nc3cccc(O)c3O)ccc2-n2c(C)nnc21. The molecular formula is C32H33ClN6O5. The number of para-hydroxylation sites is 1. The van der Waals surface area contributed by atoms with E-state index in [1.165, 1.54) is 18.2 Å². The molecule has 11 nitrogen and oxygen atoms in total. The average molecular weight is 617 g/mol. The first kappa shape index (κ1) is 30.6. The first-order valence-corrected chi connectivity index (χ1v) is 14.7. The summed E-state index contributed by atoms with van der Waals surface area (Å²) in [5.74, 6) is 0.792. The standard InChI is InChI=1S/C32H33ClN6O5/c1-3-34-29(42)18-25-32-38-37-19(2)39(32)26-15-14-22(17-23(26)30(36-25)20-10-12-21(33)13-11-20)44-16-5-4-9-28(41)35-24-7-6-8-27(40)31(24)43/h6-8,10-15,17,25,40,43H,3-5,9,16,18H2,1-2H3,(H,34,42)(H,35,41). The summed E-state index contributed by atoms with van der Waals surface area (Å²) in [5.41, 5.74) is 3.27. The Hall–Kier alpha value is -4.90. The lowest BCUT2D eigenvalue weighted by atomic mass is 10.00. The summed E-state index contributed by atoms with van der Waals surface area (Å²) in [5, 5.41) is 34.3. The van der Waals surface area contributed by atoms with Crippen LogP contribution in [0, 0.1) is 6.92 Å². The molecule has 1 atom stereocenters. The minimum atomic E-state index is -0.571. The van der Waals surface area contributed by atoms with Gasteiger partial charge in [-0.3, -0.25) is 19.1 Å². The number of carbonyl (C=O) groups excluding carboxylic acids is 2. The number of unbranched alkanes of at least 4 members (excludes halogenated alkanes) is 1. The molecule has 1 aliphatic rings. The molecule has 44 heavy (non-hydrogen) atoms. The van der Waals surface area contributed by atoms with Crippen molar-refractivity contribution >= 4 is 34.8 Å². The second-order valence-electron chi connectivity index (χ2n) is 10.3. The van der Waals surface area contributed by atoms with Crippen molar-refractivity contribution in [2.45, 2.75) is 45.6 Å². The van der Waals surface area contributed by atoms with Crippen molar-refractivity contribution < 1.29 is 24.5 Å². The van der Waals surface area contributed by atoms with Gasteiger partial charge in [-0.15, -0.1) is 10.2 Å². The normalized spacial score (nSPS) is 13.7. The number of hydrogen-bond donors (Lipinski definition) is 4. The number of halogens is 1. The van der Waals surface area contributed by atoms with Crippen molar-refractivity contribution in [3.63, 3.8) is 0 Å². The highest BCUT2D eigenvalue weighted by molar-refractivity contribution is 6.30. The summed E-state index contributed by atoms with van der Waals surface area (Å²) in [6.45, 7) is 4.61. The van der Waals surface area contributed by atoms with E-state index in [4.69, 9.17) is 21.3 Å². The van der Waals surface area contributed by atoms with Crippen LogP contribution in [-0.2, 0) is 9.59 Å². The molecule has 3 aromatic carbocycles. The highest BCUT2D eigenvalue weighted by Crippen LogP contribution is 2.35. The molecule has 0 radical (unpaired) electrons. The zero-order valence-electron chi connectivity index (χ0n) is 24.4. The number of fused-ring (bicyclic) bond motifs is 3. The smallest absolute Gasteiger partial charge is 0.224 e. The first-order valence-electron chi connectivity index (χ1n) is 14.4. The van der Waals surface area contributed by atoms with Gasteiger partial charge in [-0.25, -0.2) is 0 Å². The number of benzene rings is 3. The van der Waals surface area contributed by atoms with E-state index in [1.54, 1.807) is 12.1 Å². The molecule has 12 heteroatoms. The fourth-order valence-corrected chi connectivity index (χ4v) is 5.13. The number of anilines is 1. The highest BCUT2D eigenvalue weighted by atomic mass is 35.5. The fraction of sp³-hybridized carbons (Fsp3) is 0.281. The predicted octanol–water partition coefficient (Wildman–Crippen LogP) is 5.25. The summed E-state index contributed by atoms with van der Waals surface area (Å²) < 4.78 is 8.02. The van der Waals surface area contributed by atoms with Crippen LogP contribution in [0.4, 0.5) is 5.69 Å². The van der Waals surface area contributed by atoms with E-state index < -0.39 is 6.04 Å². The Balaban J connectivity index is 1.34. The zero-order chi connectivity index (χ0) is 31.2. The Morgan fingerprint density at radius 2 is 1.82 bits per heavy atom. The van der Waals surface area contributed by atoms with Crippen molar-refractivity contribution in [2.75, 3.05) is 18.5 Å². The van der Waals surface area contributed by atoms with E-state index in [9.17, 15) is 19.8 Å². The number of aliphatic imine (C=N–C) groups is 1. The van der Waals surface area contributed by atoms with E-state index in [1.807, 2.05) is 48.7 Å². The average Bonchev–Trinajstić information content (AvgIpc) is 3.32. The van der Waals surface area contributed by atoms with Gasteiger partial charge in [0.15, 0.2) is 17.3 Å². The molecule has 2 amide bonds. The van der Waals surface area contributed by atoms with Crippen LogP contribution < -0.4 is 15.4 Å². The first-order chi connectivity index (χ1) is 21.2. The van der Waals surface area contributed by atoms with Crippen LogP contribution in [0.25, 0.3) is 5.69 Å². The van der Waals surface area contributed by atoms with Gasteiger partial charge < -0.3 is 25.6 Å². The van der Waals surface area contributed by atoms with Gasteiger partial charge in [0.25, 0.3) is 0 Å². The summed E-state index contributed by atoms with van der Waals surface area (Å²) >= 11 is 6.19. The Bertz CT molecular complexity index is 1700. The summed E-state index contributed by atoms with van der Waals surface area (Å²) in [4.78, 5) is 30.1. The second-order valence-corrected chi connectivity index (χ2v) is 10.7. The minimum absolute atomic E-state index is 0.110. The molecule has 0 spiro atoms. The molecule has 1 aromatic heterocycles. The van der Waals surface area contributed by atoms with E-state index in [0.29, 0.717) is 54.1 Å². The lowest BCUT2D eigenvalue weighted by Crippen LogP contribution is -2.25. The monoisotopic (exact) mass is 616 g/mol. The van der Waals surface area contributed by atoms with Crippen molar-refractivity contribution in [3.05, 3.63) is 88.5 Å². The van der Waals surface area contributed by atoms with Crippen LogP contribution >= 0.6 is 11.6 Å². The number of rotatable bonds is 11. The number of phenols is 2. The Kier molecular flexibility index (Phi) is 9.44. The topological polar surface area (TPSA) is 151 Å². The van der Waals surface area contributed by atoms with Crippen molar-refractivity contribution in [1.82, 2.24) is 20.1 Å². The number of carbonyl (C=O) groups is 2. The molecule has 0 saturated heterocycles. The fourth-order valence-electron chi connectivity index (χ4n) is 5.01. The van der Waals surface area contributed by atoms with E-state index >= 15 is 0 Å². The maximum atomic E-state index is 12.7. The molecule has 0 fully saturated rings. The van der Waals surface area contributed by atoms with Gasteiger partial charge in [0.2, 0.25) is 11.8 Å². The number of nitrogens with one attached hydrogen (secondary N) is 2. The molecule has 1 aliphatic heterocycles. The van der Waals surface area contributed by atoms with Gasteiger partial charge in [-0.2, -0.15) is 0 Å². The Morgan fingerprint density at radius 3 is 2.59 bits per heavy atom. The predicted molar refractivity (Wildman–Crippen MR) is 167 cm³/mol. The van der Waals surface area contributed by atoms with Gasteiger partial charge in [0.1, 0.15) is 17.6 Å². The molecule has 4 aromatic rings. The highest BCUT2D eigenvalue weighted by Gasteiger charge is 2.30. The molecule has 0 aliphatic carbocycles. The van der Waals surface area contributed by atoms with E-state index in [-0.39, 0.29) is 41.8 Å². The molecule has 4 N–H and O–H groups in total. The second kappa shape index (κ2) is 13.6. The number of phenolic OH excluding ortho intramolecular Hbond substituents is 2. The number of ether oxygens (including phenoxy) is 1. The summed E-state index contributed by atoms with van der Waals surface area (Å²) in [6.07, 6.45) is 1.49. The minimum Gasteiger partial charge on any atom is -0.504 e. The number of hydrogen-bond acceptors (Lipinski definition) is 8. The lowest BCUT2D eigenvalue weighted by molar-refractivity contribution is -0.121. The Labute approximate surface area is 259 Å². The van der Waals surface area contributed by atoms with Crippen LogP contribution in [0.3, 0.4) is 0 Å². The molecule has 0 bridgehead atoms. The van der Waals surface area contributed by atoms with Crippen LogP contribution in [0.1, 0.15) is 61.4 Å². The van der Waals surface area contributed by atoms with Crippen LogP contribution in [0.15, 0.2) is 65.7 Å². The molecule has 1 unspecified atom stereocenters. The number of aromatic hydroxyl groups is 2. The largest absolute Gasteiger partial charge is 0.504 e. The number of aromatic nitrogens is 3. The van der Waals surface area contributed by atoms with Crippen molar-refractivity contribution in [2.24, 2.45) is 4.99 Å². The van der Waals surface area contributed by atoms with Crippen LogP contribution in [0.2, 0.25) is 5.02 Å². The molecule has 2 heterocycles. The zero-order valence-corrected chi connectivity index (χ0v) is 25.1. The number of nitrogens with zero attached hydrogens (tertiary/aromatic N) is 4. The van der Waals surface area contributed by atoms with Gasteiger partial charge in [0.05, 0.1) is 30.1 Å². The van der Waals surface area contributed by atoms with Gasteiger partial charge in [-0.1, -0.05) is 29.8 Å². The number of aryl methyl sites for hydroxylation is 1. The third-order valence-electron chi connectivity index (χ3n) is 7.12. The lowest BCUT2D eigenvalue weighted by Gasteiger charge is -2.15.